The molecule has 4 heteroatoms. The number of rotatable bonds is 6. The Morgan fingerprint density at radius 2 is 1.86 bits per heavy atom. The second kappa shape index (κ2) is 6.89. The van der Waals surface area contributed by atoms with Gasteiger partial charge in [-0.3, -0.25) is 4.79 Å². The zero-order valence-electron chi connectivity index (χ0n) is 12.4. The zero-order chi connectivity index (χ0) is 15.2. The Morgan fingerprint density at radius 3 is 2.73 bits per heavy atom. The topological polar surface area (TPSA) is 46.4 Å². The minimum atomic E-state index is 0.0728. The van der Waals surface area contributed by atoms with Crippen molar-refractivity contribution in [1.82, 2.24) is 14.7 Å². The van der Waals surface area contributed by atoms with Crippen LogP contribution in [-0.2, 0) is 17.6 Å². The van der Waals surface area contributed by atoms with Gasteiger partial charge in [0.15, 0.2) is 0 Å². The third-order valence-corrected chi connectivity index (χ3v) is 3.67. The Kier molecular flexibility index (Phi) is 4.49. The number of amides is 1. The Labute approximate surface area is 129 Å². The average molecular weight is 293 g/mol. The normalized spacial score (nSPS) is 10.7. The van der Waals surface area contributed by atoms with E-state index in [-0.39, 0.29) is 5.91 Å². The van der Waals surface area contributed by atoms with E-state index in [1.807, 2.05) is 53.2 Å². The van der Waals surface area contributed by atoms with Gasteiger partial charge in [-0.15, -0.1) is 0 Å². The lowest BCUT2D eigenvalue weighted by Gasteiger charge is -2.05. The number of aryl methyl sites for hydroxylation is 1. The van der Waals surface area contributed by atoms with Gasteiger partial charge in [0, 0.05) is 25.6 Å². The van der Waals surface area contributed by atoms with Crippen molar-refractivity contribution in [2.75, 3.05) is 6.54 Å². The molecule has 2 aromatic heterocycles. The smallest absolute Gasteiger partial charge is 0.220 e. The van der Waals surface area contributed by atoms with E-state index in [4.69, 9.17) is 0 Å². The molecule has 0 aliphatic rings. The van der Waals surface area contributed by atoms with E-state index in [1.54, 1.807) is 0 Å². The molecule has 112 valence electrons. The van der Waals surface area contributed by atoms with E-state index in [2.05, 4.69) is 22.4 Å². The monoisotopic (exact) mass is 293 g/mol. The fraction of sp³-hybridized carbons (Fsp3) is 0.222. The number of fused-ring (bicyclic) bond motifs is 1. The first kappa shape index (κ1) is 14.3. The summed E-state index contributed by atoms with van der Waals surface area (Å²) in [6.45, 7) is 0.672. The molecule has 0 atom stereocenters. The highest BCUT2D eigenvalue weighted by molar-refractivity contribution is 5.76. The molecule has 0 radical (unpaired) electrons. The first-order chi connectivity index (χ1) is 10.8. The van der Waals surface area contributed by atoms with Crippen molar-refractivity contribution >= 4 is 11.4 Å². The molecule has 0 saturated carbocycles. The van der Waals surface area contributed by atoms with Gasteiger partial charge in [0.25, 0.3) is 0 Å². The molecule has 3 aromatic rings. The quantitative estimate of drug-likeness (QED) is 0.759. The third kappa shape index (κ3) is 3.52. The van der Waals surface area contributed by atoms with Crippen LogP contribution < -0.4 is 5.32 Å². The summed E-state index contributed by atoms with van der Waals surface area (Å²) in [6.07, 6.45) is 5.78. The van der Waals surface area contributed by atoms with Crippen LogP contribution in [0.2, 0.25) is 0 Å². The molecule has 4 nitrogen and oxygen atoms in total. The summed E-state index contributed by atoms with van der Waals surface area (Å²) < 4.78 is 2.03. The fourth-order valence-corrected chi connectivity index (χ4v) is 2.49. The van der Waals surface area contributed by atoms with Crippen LogP contribution in [0.5, 0.6) is 0 Å². The number of aromatic nitrogens is 2. The average Bonchev–Trinajstić information content (AvgIpc) is 2.97. The van der Waals surface area contributed by atoms with Crippen molar-refractivity contribution < 1.29 is 4.79 Å². The van der Waals surface area contributed by atoms with Crippen LogP contribution in [0.4, 0.5) is 0 Å². The molecule has 0 saturated heterocycles. The van der Waals surface area contributed by atoms with Crippen LogP contribution in [0, 0.1) is 0 Å². The second-order valence-corrected chi connectivity index (χ2v) is 5.26. The number of nitrogens with one attached hydrogen (secondary N) is 1. The van der Waals surface area contributed by atoms with E-state index in [0.29, 0.717) is 19.4 Å². The lowest BCUT2D eigenvalue weighted by molar-refractivity contribution is -0.121. The molecule has 1 amide bonds. The van der Waals surface area contributed by atoms with Crippen LogP contribution in [0.1, 0.15) is 17.8 Å². The Morgan fingerprint density at radius 1 is 1.05 bits per heavy atom. The Balaban J connectivity index is 1.46. The summed E-state index contributed by atoms with van der Waals surface area (Å²) >= 11 is 0. The van der Waals surface area contributed by atoms with Gasteiger partial charge in [-0.05, 0) is 24.1 Å². The Bertz CT molecular complexity index is 749. The molecule has 22 heavy (non-hydrogen) atoms. The van der Waals surface area contributed by atoms with Gasteiger partial charge in [0.1, 0.15) is 5.82 Å². The maximum absolute atomic E-state index is 11.9. The van der Waals surface area contributed by atoms with E-state index in [9.17, 15) is 4.79 Å². The first-order valence-corrected chi connectivity index (χ1v) is 7.54. The largest absolute Gasteiger partial charge is 0.356 e. The van der Waals surface area contributed by atoms with Crippen molar-refractivity contribution in [3.05, 3.63) is 72.3 Å². The molecule has 3 rings (SSSR count). The summed E-state index contributed by atoms with van der Waals surface area (Å²) in [5, 5.41) is 2.97. The third-order valence-electron chi connectivity index (χ3n) is 3.67. The number of carbonyl (C=O) groups excluding carboxylic acids is 1. The lowest BCUT2D eigenvalue weighted by Crippen LogP contribution is -2.26. The van der Waals surface area contributed by atoms with Gasteiger partial charge in [0.2, 0.25) is 5.91 Å². The SMILES string of the molecule is O=C(CCc1ncc2ccccn12)NCCc1ccccc1. The van der Waals surface area contributed by atoms with Crippen LogP contribution in [0.25, 0.3) is 5.52 Å². The van der Waals surface area contributed by atoms with Crippen LogP contribution >= 0.6 is 0 Å². The summed E-state index contributed by atoms with van der Waals surface area (Å²) in [5.41, 5.74) is 2.30. The van der Waals surface area contributed by atoms with Gasteiger partial charge >= 0.3 is 0 Å². The van der Waals surface area contributed by atoms with Crippen molar-refractivity contribution in [1.29, 1.82) is 0 Å². The van der Waals surface area contributed by atoms with Gasteiger partial charge in [-0.25, -0.2) is 4.98 Å². The van der Waals surface area contributed by atoms with Crippen molar-refractivity contribution in [3.8, 4) is 0 Å². The van der Waals surface area contributed by atoms with Crippen LogP contribution in [0.15, 0.2) is 60.9 Å². The molecule has 0 aliphatic carbocycles. The summed E-state index contributed by atoms with van der Waals surface area (Å²) in [5.74, 6) is 0.998. The van der Waals surface area contributed by atoms with Gasteiger partial charge in [-0.1, -0.05) is 36.4 Å². The molecular weight excluding hydrogens is 274 g/mol. The van der Waals surface area contributed by atoms with E-state index in [1.165, 1.54) is 5.56 Å². The van der Waals surface area contributed by atoms with Crippen LogP contribution in [-0.4, -0.2) is 21.8 Å². The predicted molar refractivity (Wildman–Crippen MR) is 86.7 cm³/mol. The molecule has 0 aliphatic heterocycles. The number of nitrogens with zero attached hydrogens (tertiary/aromatic N) is 2. The van der Waals surface area contributed by atoms with E-state index >= 15 is 0 Å². The van der Waals surface area contributed by atoms with Crippen LogP contribution in [0.3, 0.4) is 0 Å². The van der Waals surface area contributed by atoms with Crippen molar-refractivity contribution in [3.63, 3.8) is 0 Å². The maximum atomic E-state index is 11.9. The van der Waals surface area contributed by atoms with Gasteiger partial charge in [0.05, 0.1) is 11.7 Å². The number of pyridine rings is 1. The minimum absolute atomic E-state index is 0.0728. The lowest BCUT2D eigenvalue weighted by atomic mass is 10.1. The summed E-state index contributed by atoms with van der Waals surface area (Å²) in [7, 11) is 0. The highest BCUT2D eigenvalue weighted by Crippen LogP contribution is 2.08. The highest BCUT2D eigenvalue weighted by atomic mass is 16.1. The maximum Gasteiger partial charge on any atom is 0.220 e. The molecule has 1 aromatic carbocycles. The van der Waals surface area contributed by atoms with Crippen molar-refractivity contribution in [2.45, 2.75) is 19.3 Å². The molecule has 1 N–H and O–H groups in total. The zero-order valence-corrected chi connectivity index (χ0v) is 12.4. The number of hydrogen-bond donors (Lipinski definition) is 1. The minimum Gasteiger partial charge on any atom is -0.356 e. The number of benzene rings is 1. The summed E-state index contributed by atoms with van der Waals surface area (Å²) in [6, 6.07) is 16.1. The number of hydrogen-bond acceptors (Lipinski definition) is 2. The molecule has 0 bridgehead atoms. The van der Waals surface area contributed by atoms with Gasteiger partial charge in [-0.2, -0.15) is 0 Å². The fourth-order valence-electron chi connectivity index (χ4n) is 2.49. The second-order valence-electron chi connectivity index (χ2n) is 5.26. The molecule has 0 fully saturated rings. The summed E-state index contributed by atoms with van der Waals surface area (Å²) in [4.78, 5) is 16.3. The molecule has 0 spiro atoms. The van der Waals surface area contributed by atoms with Crippen molar-refractivity contribution in [2.24, 2.45) is 0 Å². The predicted octanol–water partition coefficient (Wildman–Crippen LogP) is 2.63. The highest BCUT2D eigenvalue weighted by Gasteiger charge is 2.06. The first-order valence-electron chi connectivity index (χ1n) is 7.54. The van der Waals surface area contributed by atoms with E-state index in [0.717, 1.165) is 17.8 Å². The van der Waals surface area contributed by atoms with Gasteiger partial charge < -0.3 is 9.72 Å². The number of carbonyl (C=O) groups is 1. The van der Waals surface area contributed by atoms with E-state index < -0.39 is 0 Å². The molecule has 0 unspecified atom stereocenters. The number of imidazole rings is 1. The molecular formula is C18H19N3O. The Hall–Kier alpha value is -2.62. The molecule has 2 heterocycles. The standard InChI is InChI=1S/C18H19N3O/c22-18(19-12-11-15-6-2-1-3-7-15)10-9-17-20-14-16-8-4-5-13-21(16)17/h1-8,13-14H,9-12H2,(H,19,22).